The van der Waals surface area contributed by atoms with Gasteiger partial charge in [0.2, 0.25) is 11.8 Å². The minimum Gasteiger partial charge on any atom is -0.366 e. The Labute approximate surface area is 159 Å². The van der Waals surface area contributed by atoms with Crippen molar-refractivity contribution in [2.45, 2.75) is 31.4 Å². The molecule has 2 unspecified atom stereocenters. The third-order valence-electron chi connectivity index (χ3n) is 5.83. The van der Waals surface area contributed by atoms with E-state index in [9.17, 15) is 22.8 Å². The lowest BCUT2D eigenvalue weighted by atomic mass is 9.72. The summed E-state index contributed by atoms with van der Waals surface area (Å²) in [4.78, 5) is 28.4. The highest BCUT2D eigenvalue weighted by molar-refractivity contribution is 5.96. The maximum atomic E-state index is 13.0. The molecular formula is C20H18F3N3O2. The lowest BCUT2D eigenvalue weighted by Gasteiger charge is -2.28. The fraction of sp³-hybridized carbons (Fsp3) is 0.350. The van der Waals surface area contributed by atoms with Crippen LogP contribution in [0.15, 0.2) is 36.4 Å². The first-order chi connectivity index (χ1) is 13.2. The fourth-order valence-corrected chi connectivity index (χ4v) is 4.55. The Morgan fingerprint density at radius 1 is 1.25 bits per heavy atom. The number of primary amides is 1. The van der Waals surface area contributed by atoms with E-state index < -0.39 is 23.2 Å². The summed E-state index contributed by atoms with van der Waals surface area (Å²) in [7, 11) is 0. The quantitative estimate of drug-likeness (QED) is 0.846. The molecule has 2 atom stereocenters. The van der Waals surface area contributed by atoms with Gasteiger partial charge in [-0.25, -0.2) is 4.98 Å². The summed E-state index contributed by atoms with van der Waals surface area (Å²) in [6.07, 6.45) is -3.48. The van der Waals surface area contributed by atoms with Gasteiger partial charge in [-0.05, 0) is 48.6 Å². The van der Waals surface area contributed by atoms with Gasteiger partial charge in [0.25, 0.3) is 0 Å². The average Bonchev–Trinajstić information content (AvgIpc) is 3.15. The van der Waals surface area contributed by atoms with Crippen molar-refractivity contribution >= 4 is 11.8 Å². The van der Waals surface area contributed by atoms with Crippen LogP contribution in [0.4, 0.5) is 13.2 Å². The molecule has 1 fully saturated rings. The Balaban J connectivity index is 1.80. The van der Waals surface area contributed by atoms with Crippen LogP contribution < -0.4 is 11.1 Å². The largest absolute Gasteiger partial charge is 0.433 e. The van der Waals surface area contributed by atoms with Crippen molar-refractivity contribution in [3.05, 3.63) is 64.5 Å². The summed E-state index contributed by atoms with van der Waals surface area (Å²) in [5, 5.41) is 2.83. The molecule has 2 aliphatic rings. The smallest absolute Gasteiger partial charge is 0.366 e. The van der Waals surface area contributed by atoms with Crippen molar-refractivity contribution in [1.29, 1.82) is 0 Å². The molecule has 0 radical (unpaired) electrons. The highest BCUT2D eigenvalue weighted by atomic mass is 19.4. The number of aromatic nitrogens is 1. The third kappa shape index (κ3) is 2.83. The molecule has 2 aromatic rings. The highest BCUT2D eigenvalue weighted by Crippen LogP contribution is 2.53. The van der Waals surface area contributed by atoms with Crippen molar-refractivity contribution < 1.29 is 22.8 Å². The van der Waals surface area contributed by atoms with Gasteiger partial charge in [-0.1, -0.05) is 18.2 Å². The number of carbonyl (C=O) groups is 2. The van der Waals surface area contributed by atoms with E-state index in [2.05, 4.69) is 10.3 Å². The third-order valence-corrected chi connectivity index (χ3v) is 5.83. The number of fused-ring (bicyclic) bond motifs is 1. The predicted molar refractivity (Wildman–Crippen MR) is 94.4 cm³/mol. The van der Waals surface area contributed by atoms with Crippen molar-refractivity contribution in [3.8, 4) is 0 Å². The number of halogens is 3. The van der Waals surface area contributed by atoms with Gasteiger partial charge in [0.15, 0.2) is 0 Å². The Morgan fingerprint density at radius 3 is 2.64 bits per heavy atom. The van der Waals surface area contributed by atoms with Crippen LogP contribution in [0.3, 0.4) is 0 Å². The Morgan fingerprint density at radius 2 is 2.00 bits per heavy atom. The van der Waals surface area contributed by atoms with Crippen LogP contribution in [0.25, 0.3) is 0 Å². The summed E-state index contributed by atoms with van der Waals surface area (Å²) >= 11 is 0. The monoisotopic (exact) mass is 389 g/mol. The van der Waals surface area contributed by atoms with Gasteiger partial charge in [-0.2, -0.15) is 13.2 Å². The van der Waals surface area contributed by atoms with Crippen molar-refractivity contribution in [1.82, 2.24) is 10.3 Å². The van der Waals surface area contributed by atoms with E-state index in [1.165, 1.54) is 12.1 Å². The summed E-state index contributed by atoms with van der Waals surface area (Å²) in [6.45, 7) is 0.491. The topological polar surface area (TPSA) is 85.1 Å². The lowest BCUT2D eigenvalue weighted by molar-refractivity contribution is -0.141. The second kappa shape index (κ2) is 6.32. The van der Waals surface area contributed by atoms with Crippen LogP contribution in [0.1, 0.15) is 45.2 Å². The molecular weight excluding hydrogens is 371 g/mol. The number of hydrogen-bond donors (Lipinski definition) is 2. The maximum Gasteiger partial charge on any atom is 0.433 e. The van der Waals surface area contributed by atoms with Crippen LogP contribution in [-0.2, 0) is 23.8 Å². The summed E-state index contributed by atoms with van der Waals surface area (Å²) in [5.41, 5.74) is 5.85. The minimum absolute atomic E-state index is 0.143. The molecule has 0 bridgehead atoms. The SMILES string of the molecule is NC(=O)c1cccc2c1CC1(CCNC1=O)C2Cc1cccc(C(F)(F)F)n1. The summed E-state index contributed by atoms with van der Waals surface area (Å²) in [5.74, 6) is -1.10. The standard InChI is InChI=1S/C20H18F3N3O2/c21-20(22,23)16-6-1-3-11(26-16)9-15-12-4-2-5-13(17(24)27)14(12)10-19(15)7-8-25-18(19)28/h1-6,15H,7-10H2,(H2,24,27)(H,25,28). The normalized spacial score (nSPS) is 23.7. The first-order valence-corrected chi connectivity index (χ1v) is 8.95. The van der Waals surface area contributed by atoms with Gasteiger partial charge in [0.1, 0.15) is 5.69 Å². The first kappa shape index (κ1) is 18.5. The molecule has 146 valence electrons. The van der Waals surface area contributed by atoms with E-state index >= 15 is 0 Å². The molecule has 28 heavy (non-hydrogen) atoms. The molecule has 0 saturated carbocycles. The lowest BCUT2D eigenvalue weighted by Crippen LogP contribution is -2.36. The van der Waals surface area contributed by atoms with Crippen LogP contribution in [0.2, 0.25) is 0 Å². The minimum atomic E-state index is -4.54. The molecule has 4 rings (SSSR count). The Bertz CT molecular complexity index is 973. The number of nitrogens with one attached hydrogen (secondary N) is 1. The Kier molecular flexibility index (Phi) is 4.17. The van der Waals surface area contributed by atoms with E-state index in [1.54, 1.807) is 12.1 Å². The van der Waals surface area contributed by atoms with Crippen LogP contribution in [-0.4, -0.2) is 23.3 Å². The van der Waals surface area contributed by atoms with Gasteiger partial charge in [-0.3, -0.25) is 9.59 Å². The first-order valence-electron chi connectivity index (χ1n) is 8.95. The second-order valence-corrected chi connectivity index (χ2v) is 7.35. The van der Waals surface area contributed by atoms with Crippen LogP contribution >= 0.6 is 0 Å². The van der Waals surface area contributed by atoms with E-state index in [-0.39, 0.29) is 23.9 Å². The molecule has 1 aliphatic carbocycles. The predicted octanol–water partition coefficient (Wildman–Crippen LogP) is 2.59. The molecule has 1 aliphatic heterocycles. The second-order valence-electron chi connectivity index (χ2n) is 7.35. The summed E-state index contributed by atoms with van der Waals surface area (Å²) < 4.78 is 39.1. The zero-order valence-electron chi connectivity index (χ0n) is 14.8. The number of amides is 2. The number of pyridine rings is 1. The van der Waals surface area contributed by atoms with Crippen molar-refractivity contribution in [3.63, 3.8) is 0 Å². The molecule has 8 heteroatoms. The number of carbonyl (C=O) groups excluding carboxylic acids is 2. The molecule has 3 N–H and O–H groups in total. The average molecular weight is 389 g/mol. The zero-order chi connectivity index (χ0) is 20.1. The van der Waals surface area contributed by atoms with Crippen LogP contribution in [0, 0.1) is 5.41 Å². The van der Waals surface area contributed by atoms with Gasteiger partial charge in [0.05, 0.1) is 5.41 Å². The summed E-state index contributed by atoms with van der Waals surface area (Å²) in [6, 6.07) is 8.91. The number of alkyl halides is 3. The van der Waals surface area contributed by atoms with Crippen LogP contribution in [0.5, 0.6) is 0 Å². The van der Waals surface area contributed by atoms with Crippen molar-refractivity contribution in [2.75, 3.05) is 6.54 Å². The number of rotatable bonds is 3. The van der Waals surface area contributed by atoms with Gasteiger partial charge < -0.3 is 11.1 Å². The molecule has 1 aromatic heterocycles. The van der Waals surface area contributed by atoms with E-state index in [1.807, 2.05) is 6.07 Å². The number of hydrogen-bond acceptors (Lipinski definition) is 3. The number of nitrogens with two attached hydrogens (primary N) is 1. The van der Waals surface area contributed by atoms with Crippen molar-refractivity contribution in [2.24, 2.45) is 11.1 Å². The van der Waals surface area contributed by atoms with Gasteiger partial charge in [0, 0.05) is 23.7 Å². The molecule has 1 spiro atoms. The zero-order valence-corrected chi connectivity index (χ0v) is 14.8. The Hall–Kier alpha value is -2.90. The molecule has 2 heterocycles. The highest BCUT2D eigenvalue weighted by Gasteiger charge is 2.54. The number of nitrogens with zero attached hydrogens (tertiary/aromatic N) is 1. The fourth-order valence-electron chi connectivity index (χ4n) is 4.55. The van der Waals surface area contributed by atoms with E-state index in [0.29, 0.717) is 30.5 Å². The molecule has 2 amide bonds. The molecule has 5 nitrogen and oxygen atoms in total. The number of benzene rings is 1. The van der Waals surface area contributed by atoms with E-state index in [4.69, 9.17) is 5.73 Å². The maximum absolute atomic E-state index is 13.0. The molecule has 1 saturated heterocycles. The molecule has 1 aromatic carbocycles. The van der Waals surface area contributed by atoms with Gasteiger partial charge >= 0.3 is 6.18 Å². The van der Waals surface area contributed by atoms with E-state index in [0.717, 1.165) is 11.6 Å². The van der Waals surface area contributed by atoms with Gasteiger partial charge in [-0.15, -0.1) is 0 Å².